The van der Waals surface area contributed by atoms with Gasteiger partial charge in [-0.25, -0.2) is 0 Å². The topological polar surface area (TPSA) is 30.5 Å². The van der Waals surface area contributed by atoms with Gasteiger partial charge in [0.05, 0.1) is 13.7 Å². The summed E-state index contributed by atoms with van der Waals surface area (Å²) in [4.78, 5) is 0. The molecule has 0 radical (unpaired) electrons. The number of hydrogen-bond donors (Lipinski definition) is 1. The molecule has 0 unspecified atom stereocenters. The van der Waals surface area contributed by atoms with Crippen molar-refractivity contribution in [3.63, 3.8) is 0 Å². The second-order valence-electron chi connectivity index (χ2n) is 3.82. The first-order valence-corrected chi connectivity index (χ1v) is 5.36. The van der Waals surface area contributed by atoms with Crippen molar-refractivity contribution in [2.45, 2.75) is 6.42 Å². The molecule has 0 bridgehead atoms. The van der Waals surface area contributed by atoms with Crippen LogP contribution in [-0.4, -0.2) is 26.8 Å². The van der Waals surface area contributed by atoms with E-state index in [0.717, 1.165) is 31.2 Å². The van der Waals surface area contributed by atoms with Crippen molar-refractivity contribution in [2.75, 3.05) is 26.8 Å². The highest BCUT2D eigenvalue weighted by atomic mass is 16.5. The number of ether oxygens (including phenoxy) is 2. The molecule has 1 heterocycles. The molecule has 2 rings (SSSR count). The standard InChI is InChI=1S/C12H17NO2/c1-14-11-4-2-3-5-12(11)15-9-10-6-7-13-8-10/h2-5,10,13H,6-9H2,1H3/t10-/m0/s1. The second kappa shape index (κ2) is 5.03. The van der Waals surface area contributed by atoms with Crippen molar-refractivity contribution >= 4 is 0 Å². The van der Waals surface area contributed by atoms with Gasteiger partial charge in [-0.1, -0.05) is 12.1 Å². The van der Waals surface area contributed by atoms with Gasteiger partial charge in [0.25, 0.3) is 0 Å². The van der Waals surface area contributed by atoms with E-state index in [1.165, 1.54) is 6.42 Å². The number of nitrogens with one attached hydrogen (secondary N) is 1. The molecule has 0 saturated carbocycles. The molecule has 1 aliphatic heterocycles. The van der Waals surface area contributed by atoms with Gasteiger partial charge in [0.2, 0.25) is 0 Å². The fourth-order valence-electron chi connectivity index (χ4n) is 1.80. The average molecular weight is 207 g/mol. The van der Waals surface area contributed by atoms with E-state index < -0.39 is 0 Å². The first kappa shape index (κ1) is 10.3. The van der Waals surface area contributed by atoms with Gasteiger partial charge in [-0.3, -0.25) is 0 Å². The van der Waals surface area contributed by atoms with Gasteiger partial charge in [0.15, 0.2) is 11.5 Å². The molecule has 0 aromatic heterocycles. The lowest BCUT2D eigenvalue weighted by atomic mass is 10.1. The van der Waals surface area contributed by atoms with Crippen LogP contribution in [0.15, 0.2) is 24.3 Å². The Kier molecular flexibility index (Phi) is 3.45. The third-order valence-corrected chi connectivity index (χ3v) is 2.71. The minimum absolute atomic E-state index is 0.634. The molecular formula is C12H17NO2. The van der Waals surface area contributed by atoms with E-state index >= 15 is 0 Å². The summed E-state index contributed by atoms with van der Waals surface area (Å²) in [6.45, 7) is 2.95. The summed E-state index contributed by atoms with van der Waals surface area (Å²) < 4.78 is 11.0. The molecule has 1 atom stereocenters. The van der Waals surface area contributed by atoms with Crippen LogP contribution < -0.4 is 14.8 Å². The van der Waals surface area contributed by atoms with Crippen molar-refractivity contribution in [1.82, 2.24) is 5.32 Å². The van der Waals surface area contributed by atoms with E-state index in [1.54, 1.807) is 7.11 Å². The van der Waals surface area contributed by atoms with Crippen LogP contribution in [0, 0.1) is 5.92 Å². The Morgan fingerprint density at radius 1 is 1.33 bits per heavy atom. The number of rotatable bonds is 4. The minimum Gasteiger partial charge on any atom is -0.493 e. The maximum Gasteiger partial charge on any atom is 0.161 e. The van der Waals surface area contributed by atoms with Gasteiger partial charge in [-0.2, -0.15) is 0 Å². The Bertz CT molecular complexity index is 308. The largest absolute Gasteiger partial charge is 0.493 e. The van der Waals surface area contributed by atoms with Crippen molar-refractivity contribution in [1.29, 1.82) is 0 Å². The minimum atomic E-state index is 0.634. The number of methoxy groups -OCH3 is 1. The molecule has 1 aliphatic rings. The van der Waals surface area contributed by atoms with Crippen LogP contribution in [0.4, 0.5) is 0 Å². The summed E-state index contributed by atoms with van der Waals surface area (Å²) >= 11 is 0. The normalized spacial score (nSPS) is 20.2. The average Bonchev–Trinajstić information content (AvgIpc) is 2.79. The lowest BCUT2D eigenvalue weighted by molar-refractivity contribution is 0.247. The quantitative estimate of drug-likeness (QED) is 0.815. The summed E-state index contributed by atoms with van der Waals surface area (Å²) in [5.74, 6) is 2.28. The van der Waals surface area contributed by atoms with Gasteiger partial charge in [0.1, 0.15) is 0 Å². The zero-order valence-electron chi connectivity index (χ0n) is 9.03. The van der Waals surface area contributed by atoms with Crippen LogP contribution in [0.5, 0.6) is 11.5 Å². The zero-order valence-corrected chi connectivity index (χ0v) is 9.03. The van der Waals surface area contributed by atoms with E-state index in [1.807, 2.05) is 24.3 Å². The smallest absolute Gasteiger partial charge is 0.161 e. The first-order chi connectivity index (χ1) is 7.40. The van der Waals surface area contributed by atoms with E-state index in [2.05, 4.69) is 5.32 Å². The molecule has 1 aromatic rings. The maximum absolute atomic E-state index is 5.75. The Hall–Kier alpha value is -1.22. The van der Waals surface area contributed by atoms with E-state index in [0.29, 0.717) is 5.92 Å². The van der Waals surface area contributed by atoms with Crippen LogP contribution >= 0.6 is 0 Å². The second-order valence-corrected chi connectivity index (χ2v) is 3.82. The fraction of sp³-hybridized carbons (Fsp3) is 0.500. The predicted molar refractivity (Wildman–Crippen MR) is 59.5 cm³/mol. The molecule has 1 saturated heterocycles. The van der Waals surface area contributed by atoms with Crippen LogP contribution in [0.3, 0.4) is 0 Å². The summed E-state index contributed by atoms with van der Waals surface area (Å²) in [5, 5.41) is 3.33. The zero-order chi connectivity index (χ0) is 10.5. The first-order valence-electron chi connectivity index (χ1n) is 5.36. The van der Waals surface area contributed by atoms with Crippen LogP contribution in [-0.2, 0) is 0 Å². The molecular weight excluding hydrogens is 190 g/mol. The van der Waals surface area contributed by atoms with Crippen molar-refractivity contribution in [3.05, 3.63) is 24.3 Å². The van der Waals surface area contributed by atoms with Crippen molar-refractivity contribution in [3.8, 4) is 11.5 Å². The van der Waals surface area contributed by atoms with Gasteiger partial charge in [-0.15, -0.1) is 0 Å². The highest BCUT2D eigenvalue weighted by molar-refractivity contribution is 5.39. The molecule has 0 spiro atoms. The SMILES string of the molecule is COc1ccccc1OC[C@H]1CCNC1. The third-order valence-electron chi connectivity index (χ3n) is 2.71. The number of para-hydroxylation sites is 2. The number of hydrogen-bond acceptors (Lipinski definition) is 3. The summed E-state index contributed by atoms with van der Waals surface area (Å²) in [6.07, 6.45) is 1.20. The van der Waals surface area contributed by atoms with Crippen LogP contribution in [0.25, 0.3) is 0 Å². The van der Waals surface area contributed by atoms with Crippen molar-refractivity contribution in [2.24, 2.45) is 5.92 Å². The molecule has 15 heavy (non-hydrogen) atoms. The third kappa shape index (κ3) is 2.63. The molecule has 82 valence electrons. The highest BCUT2D eigenvalue weighted by Gasteiger charge is 2.15. The Balaban J connectivity index is 1.91. The maximum atomic E-state index is 5.75. The molecule has 3 heteroatoms. The van der Waals surface area contributed by atoms with Gasteiger partial charge < -0.3 is 14.8 Å². The van der Waals surface area contributed by atoms with Gasteiger partial charge >= 0.3 is 0 Å². The summed E-state index contributed by atoms with van der Waals surface area (Å²) in [7, 11) is 1.67. The Morgan fingerprint density at radius 3 is 2.80 bits per heavy atom. The molecule has 0 aliphatic carbocycles. The summed E-state index contributed by atoms with van der Waals surface area (Å²) in [5.41, 5.74) is 0. The molecule has 1 aromatic carbocycles. The monoisotopic (exact) mass is 207 g/mol. The van der Waals surface area contributed by atoms with E-state index in [-0.39, 0.29) is 0 Å². The summed E-state index contributed by atoms with van der Waals surface area (Å²) in [6, 6.07) is 7.77. The van der Waals surface area contributed by atoms with Gasteiger partial charge in [-0.05, 0) is 25.1 Å². The van der Waals surface area contributed by atoms with Gasteiger partial charge in [0, 0.05) is 12.5 Å². The number of benzene rings is 1. The molecule has 1 fully saturated rings. The predicted octanol–water partition coefficient (Wildman–Crippen LogP) is 1.68. The molecule has 1 N–H and O–H groups in total. The van der Waals surface area contributed by atoms with Crippen molar-refractivity contribution < 1.29 is 9.47 Å². The van der Waals surface area contributed by atoms with E-state index in [9.17, 15) is 0 Å². The highest BCUT2D eigenvalue weighted by Crippen LogP contribution is 2.26. The fourth-order valence-corrected chi connectivity index (χ4v) is 1.80. The lowest BCUT2D eigenvalue weighted by Gasteiger charge is -2.13. The van der Waals surface area contributed by atoms with Crippen LogP contribution in [0.1, 0.15) is 6.42 Å². The molecule has 3 nitrogen and oxygen atoms in total. The molecule has 0 amide bonds. The Labute approximate surface area is 90.4 Å². The Morgan fingerprint density at radius 2 is 2.13 bits per heavy atom. The van der Waals surface area contributed by atoms with E-state index in [4.69, 9.17) is 9.47 Å². The van der Waals surface area contributed by atoms with Crippen LogP contribution in [0.2, 0.25) is 0 Å². The lowest BCUT2D eigenvalue weighted by Crippen LogP contribution is -2.15.